The number of halogens is 2. The average Bonchev–Trinajstić information content (AvgIpc) is 2.80. The number of aromatic amines is 1. The Hall–Kier alpha value is -2.12. The Labute approximate surface area is 132 Å². The number of H-pyrrole nitrogens is 1. The summed E-state index contributed by atoms with van der Waals surface area (Å²) in [4.78, 5) is 26.0. The topological polar surface area (TPSA) is 88.0 Å². The average molecular weight is 371 g/mol. The fourth-order valence-corrected chi connectivity index (χ4v) is 2.24. The van der Waals surface area contributed by atoms with Gasteiger partial charge in [-0.2, -0.15) is 5.10 Å². The summed E-state index contributed by atoms with van der Waals surface area (Å²) in [6.07, 6.45) is 1.41. The minimum absolute atomic E-state index is 0. The van der Waals surface area contributed by atoms with E-state index in [1.165, 1.54) is 16.9 Å². The number of benzene rings is 1. The van der Waals surface area contributed by atoms with Crippen LogP contribution in [0.5, 0.6) is 0 Å². The first-order chi connectivity index (χ1) is 9.58. The van der Waals surface area contributed by atoms with Gasteiger partial charge in [0.2, 0.25) is 5.43 Å². The normalized spacial score (nSPS) is 10.3. The van der Waals surface area contributed by atoms with Crippen LogP contribution in [0.25, 0.3) is 16.7 Å². The van der Waals surface area contributed by atoms with Crippen LogP contribution >= 0.6 is 28.3 Å². The van der Waals surface area contributed by atoms with E-state index in [9.17, 15) is 14.7 Å². The molecule has 2 aromatic heterocycles. The first-order valence-corrected chi connectivity index (χ1v) is 6.47. The summed E-state index contributed by atoms with van der Waals surface area (Å²) in [6.45, 7) is 0. The predicted molar refractivity (Wildman–Crippen MR) is 83.6 cm³/mol. The van der Waals surface area contributed by atoms with Crippen LogP contribution in [-0.2, 0) is 0 Å². The first kappa shape index (κ1) is 15.3. The maximum absolute atomic E-state index is 11.8. The van der Waals surface area contributed by atoms with Gasteiger partial charge in [0.25, 0.3) is 0 Å². The van der Waals surface area contributed by atoms with E-state index in [4.69, 9.17) is 0 Å². The van der Waals surface area contributed by atoms with Crippen molar-refractivity contribution in [3.8, 4) is 5.69 Å². The summed E-state index contributed by atoms with van der Waals surface area (Å²) >= 11 is 3.31. The zero-order valence-corrected chi connectivity index (χ0v) is 12.8. The molecule has 0 radical (unpaired) electrons. The van der Waals surface area contributed by atoms with Crippen LogP contribution in [0.1, 0.15) is 10.5 Å². The van der Waals surface area contributed by atoms with Crippen LogP contribution in [0.2, 0.25) is 0 Å². The summed E-state index contributed by atoms with van der Waals surface area (Å²) in [5.74, 6) is -1.16. The van der Waals surface area contributed by atoms with E-state index in [0.29, 0.717) is 5.69 Å². The molecular formula is C13H9BrClN3O3. The van der Waals surface area contributed by atoms with Crippen LogP contribution in [0, 0.1) is 0 Å². The van der Waals surface area contributed by atoms with Gasteiger partial charge < -0.3 is 10.1 Å². The van der Waals surface area contributed by atoms with E-state index in [1.54, 1.807) is 24.3 Å². The van der Waals surface area contributed by atoms with E-state index < -0.39 is 5.97 Å². The highest BCUT2D eigenvalue weighted by atomic mass is 79.9. The molecule has 8 heteroatoms. The molecule has 0 saturated heterocycles. The van der Waals surface area contributed by atoms with E-state index in [1.807, 2.05) is 0 Å². The van der Waals surface area contributed by atoms with Gasteiger partial charge in [-0.3, -0.25) is 4.79 Å². The van der Waals surface area contributed by atoms with Crippen LogP contribution in [0.4, 0.5) is 0 Å². The zero-order valence-electron chi connectivity index (χ0n) is 10.4. The van der Waals surface area contributed by atoms with Gasteiger partial charge in [-0.05, 0) is 24.3 Å². The molecule has 0 atom stereocenters. The Morgan fingerprint density at radius 3 is 2.52 bits per heavy atom. The molecule has 0 fully saturated rings. The number of carboxylic acid groups (broad SMARTS) is 1. The molecule has 2 heterocycles. The lowest BCUT2D eigenvalue weighted by Gasteiger charge is -2.04. The molecule has 0 amide bonds. The summed E-state index contributed by atoms with van der Waals surface area (Å²) in [5.41, 5.74) is 0.493. The quantitative estimate of drug-likeness (QED) is 0.726. The Balaban J connectivity index is 0.00000161. The standard InChI is InChI=1S/C13H8BrN3O3.ClH/c14-7-1-3-8(4-2-7)17-12(13(19)20)11-10(16-17)9(18)5-6-15-11;/h1-6,15H,(H,19,20);1H. The minimum Gasteiger partial charge on any atom is -0.476 e. The summed E-state index contributed by atoms with van der Waals surface area (Å²) in [6, 6.07) is 8.29. The summed E-state index contributed by atoms with van der Waals surface area (Å²) < 4.78 is 2.11. The number of nitrogens with zero attached hydrogens (tertiary/aromatic N) is 2. The van der Waals surface area contributed by atoms with Gasteiger partial charge in [-0.25, -0.2) is 9.48 Å². The molecule has 3 aromatic rings. The lowest BCUT2D eigenvalue weighted by atomic mass is 10.3. The highest BCUT2D eigenvalue weighted by Gasteiger charge is 2.20. The molecule has 0 aliphatic carbocycles. The molecule has 0 spiro atoms. The Morgan fingerprint density at radius 1 is 1.24 bits per heavy atom. The molecule has 0 bridgehead atoms. The molecule has 2 N–H and O–H groups in total. The van der Waals surface area contributed by atoms with Crippen molar-refractivity contribution in [2.24, 2.45) is 0 Å². The lowest BCUT2D eigenvalue weighted by Crippen LogP contribution is -2.08. The van der Waals surface area contributed by atoms with Crippen molar-refractivity contribution in [2.75, 3.05) is 0 Å². The zero-order chi connectivity index (χ0) is 14.3. The van der Waals surface area contributed by atoms with Crippen LogP contribution in [0.3, 0.4) is 0 Å². The van der Waals surface area contributed by atoms with Gasteiger partial charge in [0.15, 0.2) is 11.2 Å². The van der Waals surface area contributed by atoms with E-state index in [0.717, 1.165) is 4.47 Å². The first-order valence-electron chi connectivity index (χ1n) is 5.67. The molecule has 6 nitrogen and oxygen atoms in total. The van der Waals surface area contributed by atoms with Crippen molar-refractivity contribution in [3.63, 3.8) is 0 Å². The highest BCUT2D eigenvalue weighted by molar-refractivity contribution is 9.10. The number of rotatable bonds is 2. The molecule has 108 valence electrons. The van der Waals surface area contributed by atoms with Gasteiger partial charge in [0.1, 0.15) is 5.52 Å². The van der Waals surface area contributed by atoms with Crippen molar-refractivity contribution in [2.45, 2.75) is 0 Å². The number of hydrogen-bond acceptors (Lipinski definition) is 3. The SMILES string of the molecule is Cl.O=C(O)c1c2[nH]ccc(=O)c2nn1-c1ccc(Br)cc1. The van der Waals surface area contributed by atoms with Crippen LogP contribution < -0.4 is 5.43 Å². The monoisotopic (exact) mass is 369 g/mol. The fourth-order valence-electron chi connectivity index (χ4n) is 1.97. The summed E-state index contributed by atoms with van der Waals surface area (Å²) in [7, 11) is 0. The second-order valence-electron chi connectivity index (χ2n) is 4.11. The van der Waals surface area contributed by atoms with Crippen molar-refractivity contribution in [1.29, 1.82) is 0 Å². The Morgan fingerprint density at radius 2 is 1.90 bits per heavy atom. The third kappa shape index (κ3) is 2.57. The maximum Gasteiger partial charge on any atom is 0.356 e. The number of aromatic carboxylic acids is 1. The predicted octanol–water partition coefficient (Wildman–Crippen LogP) is 2.60. The summed E-state index contributed by atoms with van der Waals surface area (Å²) in [5, 5.41) is 13.5. The molecule has 0 aliphatic rings. The molecule has 3 rings (SSSR count). The maximum atomic E-state index is 11.8. The lowest BCUT2D eigenvalue weighted by molar-refractivity contribution is 0.0689. The fraction of sp³-hybridized carbons (Fsp3) is 0. The van der Waals surface area contributed by atoms with Gasteiger partial charge in [-0.15, -0.1) is 12.4 Å². The molecule has 0 saturated carbocycles. The number of carboxylic acids is 1. The van der Waals surface area contributed by atoms with Gasteiger partial charge in [0.05, 0.1) is 5.69 Å². The largest absolute Gasteiger partial charge is 0.476 e. The van der Waals surface area contributed by atoms with Crippen molar-refractivity contribution < 1.29 is 9.90 Å². The van der Waals surface area contributed by atoms with Gasteiger partial charge in [0, 0.05) is 16.7 Å². The number of carbonyl (C=O) groups is 1. The molecular weight excluding hydrogens is 362 g/mol. The van der Waals surface area contributed by atoms with Gasteiger partial charge in [-0.1, -0.05) is 15.9 Å². The second kappa shape index (κ2) is 5.71. The van der Waals surface area contributed by atoms with Crippen molar-refractivity contribution >= 4 is 45.3 Å². The highest BCUT2D eigenvalue weighted by Crippen LogP contribution is 2.19. The molecule has 0 aliphatic heterocycles. The number of pyridine rings is 1. The van der Waals surface area contributed by atoms with Crippen LogP contribution in [-0.4, -0.2) is 25.8 Å². The molecule has 1 aromatic carbocycles. The van der Waals surface area contributed by atoms with E-state index in [2.05, 4.69) is 26.0 Å². The van der Waals surface area contributed by atoms with Crippen molar-refractivity contribution in [3.05, 3.63) is 56.9 Å². The Kier molecular flexibility index (Phi) is 4.15. The number of fused-ring (bicyclic) bond motifs is 1. The molecule has 21 heavy (non-hydrogen) atoms. The second-order valence-corrected chi connectivity index (χ2v) is 5.02. The third-order valence-electron chi connectivity index (χ3n) is 2.85. The minimum atomic E-state index is -1.16. The van der Waals surface area contributed by atoms with Crippen molar-refractivity contribution in [1.82, 2.24) is 14.8 Å². The molecule has 0 unspecified atom stereocenters. The number of hydrogen-bond donors (Lipinski definition) is 2. The van der Waals surface area contributed by atoms with Crippen LogP contribution in [0.15, 0.2) is 45.8 Å². The Bertz CT molecular complexity index is 870. The van der Waals surface area contributed by atoms with E-state index >= 15 is 0 Å². The number of aromatic nitrogens is 3. The smallest absolute Gasteiger partial charge is 0.356 e. The number of nitrogens with one attached hydrogen (secondary N) is 1. The van der Waals surface area contributed by atoms with Gasteiger partial charge >= 0.3 is 5.97 Å². The van der Waals surface area contributed by atoms with E-state index in [-0.39, 0.29) is 34.6 Å². The third-order valence-corrected chi connectivity index (χ3v) is 3.38.